The summed E-state index contributed by atoms with van der Waals surface area (Å²) in [7, 11) is -2.86. The predicted molar refractivity (Wildman–Crippen MR) is 88.9 cm³/mol. The lowest BCUT2D eigenvalue weighted by Crippen LogP contribution is -2.41. The zero-order valence-electron chi connectivity index (χ0n) is 13.9. The topological polar surface area (TPSA) is 111 Å². The van der Waals surface area contributed by atoms with Gasteiger partial charge >= 0.3 is 5.97 Å². The Morgan fingerprint density at radius 2 is 2.08 bits per heavy atom. The molecule has 1 fully saturated rings. The number of nitrogens with one attached hydrogen (secondary N) is 1. The number of anilines is 1. The standard InChI is InChI=1S/C16H18FNO7S/c1-23-10-2-3-13(12(17)8-10)18-26(21,22)14-4-5-16(24-6-7-25-16)9-11(14)15(19)20/h2-3,8-9,14,18H,4-7H2,1H3,(H,19,20). The van der Waals surface area contributed by atoms with E-state index in [1.165, 1.54) is 25.3 Å². The average Bonchev–Trinajstić information content (AvgIpc) is 3.04. The van der Waals surface area contributed by atoms with Gasteiger partial charge in [0.2, 0.25) is 10.0 Å². The van der Waals surface area contributed by atoms with Gasteiger partial charge in [-0.25, -0.2) is 17.6 Å². The molecule has 1 aromatic rings. The van der Waals surface area contributed by atoms with Gasteiger partial charge in [-0.15, -0.1) is 0 Å². The second kappa shape index (κ2) is 6.86. The minimum absolute atomic E-state index is 0.0365. The summed E-state index contributed by atoms with van der Waals surface area (Å²) < 4.78 is 57.3. The molecule has 1 aromatic carbocycles. The van der Waals surface area contributed by atoms with Crippen LogP contribution in [-0.2, 0) is 24.3 Å². The van der Waals surface area contributed by atoms with Crippen LogP contribution in [0, 0.1) is 5.82 Å². The zero-order valence-corrected chi connectivity index (χ0v) is 14.7. The van der Waals surface area contributed by atoms with E-state index in [4.69, 9.17) is 14.2 Å². The summed E-state index contributed by atoms with van der Waals surface area (Å²) in [6.45, 7) is 0.603. The highest BCUT2D eigenvalue weighted by Gasteiger charge is 2.45. The maximum absolute atomic E-state index is 14.1. The first-order valence-electron chi connectivity index (χ1n) is 7.85. The lowest BCUT2D eigenvalue weighted by molar-refractivity contribution is -0.138. The molecule has 1 atom stereocenters. The van der Waals surface area contributed by atoms with Crippen molar-refractivity contribution < 1.29 is 36.9 Å². The predicted octanol–water partition coefficient (Wildman–Crippen LogP) is 1.49. The Morgan fingerprint density at radius 3 is 2.65 bits per heavy atom. The number of sulfonamides is 1. The van der Waals surface area contributed by atoms with Crippen molar-refractivity contribution in [3.63, 3.8) is 0 Å². The summed E-state index contributed by atoms with van der Waals surface area (Å²) in [4.78, 5) is 11.6. The summed E-state index contributed by atoms with van der Waals surface area (Å²) >= 11 is 0. The van der Waals surface area contributed by atoms with Gasteiger partial charge in [0.25, 0.3) is 0 Å². The number of halogens is 1. The van der Waals surface area contributed by atoms with Crippen LogP contribution in [0.5, 0.6) is 5.75 Å². The largest absolute Gasteiger partial charge is 0.497 e. The normalized spacial score (nSPS) is 22.1. The lowest BCUT2D eigenvalue weighted by atomic mass is 9.94. The van der Waals surface area contributed by atoms with Gasteiger partial charge in [-0.3, -0.25) is 4.72 Å². The van der Waals surface area contributed by atoms with E-state index in [1.54, 1.807) is 0 Å². The third-order valence-corrected chi connectivity index (χ3v) is 6.05. The molecule has 0 saturated carbocycles. The fraction of sp³-hybridized carbons (Fsp3) is 0.438. The van der Waals surface area contributed by atoms with Gasteiger partial charge in [-0.1, -0.05) is 0 Å². The van der Waals surface area contributed by atoms with Gasteiger partial charge < -0.3 is 19.3 Å². The van der Waals surface area contributed by atoms with Gasteiger partial charge in [-0.2, -0.15) is 0 Å². The van der Waals surface area contributed by atoms with Crippen LogP contribution in [-0.4, -0.2) is 50.9 Å². The van der Waals surface area contributed by atoms with Gasteiger partial charge in [-0.05, 0) is 24.6 Å². The van der Waals surface area contributed by atoms with E-state index in [1.807, 2.05) is 0 Å². The summed E-state index contributed by atoms with van der Waals surface area (Å²) in [6, 6.07) is 3.64. The van der Waals surface area contributed by atoms with Crippen molar-refractivity contribution in [1.82, 2.24) is 0 Å². The number of aliphatic carboxylic acids is 1. The number of carboxylic acids is 1. The van der Waals surface area contributed by atoms with Crippen LogP contribution in [0.2, 0.25) is 0 Å². The zero-order chi connectivity index (χ0) is 18.9. The number of carbonyl (C=O) groups is 1. The van der Waals surface area contributed by atoms with E-state index >= 15 is 0 Å². The van der Waals surface area contributed by atoms with E-state index in [0.717, 1.165) is 6.07 Å². The molecule has 2 aliphatic rings. The molecule has 1 saturated heterocycles. The molecule has 0 radical (unpaired) electrons. The molecule has 1 aliphatic heterocycles. The molecule has 142 valence electrons. The van der Waals surface area contributed by atoms with E-state index < -0.39 is 32.8 Å². The van der Waals surface area contributed by atoms with Gasteiger partial charge in [0.05, 0.1) is 31.6 Å². The maximum Gasteiger partial charge on any atom is 0.332 e. The van der Waals surface area contributed by atoms with Crippen molar-refractivity contribution in [1.29, 1.82) is 0 Å². The number of carboxylic acid groups (broad SMARTS) is 1. The number of ether oxygens (including phenoxy) is 3. The summed E-state index contributed by atoms with van der Waals surface area (Å²) in [5.74, 6) is -3.20. The second-order valence-electron chi connectivity index (χ2n) is 5.93. The molecule has 8 nitrogen and oxygen atoms in total. The number of benzene rings is 1. The Bertz CT molecular complexity index is 846. The van der Waals surface area contributed by atoms with Crippen LogP contribution in [0.15, 0.2) is 29.8 Å². The number of methoxy groups -OCH3 is 1. The van der Waals surface area contributed by atoms with Crippen LogP contribution in [0.1, 0.15) is 12.8 Å². The Hall–Kier alpha value is -2.17. The van der Waals surface area contributed by atoms with E-state index in [-0.39, 0.29) is 29.9 Å². The van der Waals surface area contributed by atoms with Crippen molar-refractivity contribution in [2.45, 2.75) is 23.9 Å². The van der Waals surface area contributed by atoms with E-state index in [9.17, 15) is 22.7 Å². The summed E-state index contributed by atoms with van der Waals surface area (Å²) in [5.41, 5.74) is -0.649. The first-order chi connectivity index (χ1) is 12.3. The molecule has 2 N–H and O–H groups in total. The Kier molecular flexibility index (Phi) is 4.91. The number of hydrogen-bond acceptors (Lipinski definition) is 6. The van der Waals surface area contributed by atoms with Gasteiger partial charge in [0, 0.05) is 12.5 Å². The Balaban J connectivity index is 1.90. The molecule has 10 heteroatoms. The highest BCUT2D eigenvalue weighted by atomic mass is 32.2. The van der Waals surface area contributed by atoms with Crippen LogP contribution in [0.4, 0.5) is 10.1 Å². The molecule has 1 spiro atoms. The summed E-state index contributed by atoms with van der Waals surface area (Å²) in [5, 5.41) is 8.08. The number of hydrogen-bond donors (Lipinski definition) is 2. The number of rotatable bonds is 5. The highest BCUT2D eigenvalue weighted by molar-refractivity contribution is 7.93. The van der Waals surface area contributed by atoms with Crippen molar-refractivity contribution in [3.05, 3.63) is 35.7 Å². The molecular formula is C16H18FNO7S. The Labute approximate surface area is 149 Å². The molecule has 3 rings (SSSR count). The molecule has 1 heterocycles. The van der Waals surface area contributed by atoms with Crippen LogP contribution in [0.3, 0.4) is 0 Å². The second-order valence-corrected chi connectivity index (χ2v) is 7.80. The van der Waals surface area contributed by atoms with Crippen molar-refractivity contribution in [3.8, 4) is 5.75 Å². The maximum atomic E-state index is 14.1. The molecule has 0 aromatic heterocycles. The third kappa shape index (κ3) is 3.53. The molecule has 0 amide bonds. The first kappa shape index (κ1) is 18.6. The minimum Gasteiger partial charge on any atom is -0.497 e. The highest BCUT2D eigenvalue weighted by Crippen LogP contribution is 2.37. The van der Waals surface area contributed by atoms with Crippen LogP contribution < -0.4 is 9.46 Å². The fourth-order valence-electron chi connectivity index (χ4n) is 3.04. The van der Waals surface area contributed by atoms with E-state index in [0.29, 0.717) is 13.2 Å². The van der Waals surface area contributed by atoms with Crippen LogP contribution in [0.25, 0.3) is 0 Å². The van der Waals surface area contributed by atoms with E-state index in [2.05, 4.69) is 4.72 Å². The minimum atomic E-state index is -4.21. The van der Waals surface area contributed by atoms with Gasteiger partial charge in [0.15, 0.2) is 11.6 Å². The SMILES string of the molecule is COc1ccc(NS(=O)(=O)C2CCC3(C=C2C(=O)O)OCCO3)c(F)c1. The lowest BCUT2D eigenvalue weighted by Gasteiger charge is -2.32. The average molecular weight is 387 g/mol. The van der Waals surface area contributed by atoms with Crippen molar-refractivity contribution in [2.24, 2.45) is 0 Å². The fourth-order valence-corrected chi connectivity index (χ4v) is 4.59. The molecule has 1 aliphatic carbocycles. The van der Waals surface area contributed by atoms with Gasteiger partial charge in [0.1, 0.15) is 11.0 Å². The third-order valence-electron chi connectivity index (χ3n) is 4.30. The smallest absolute Gasteiger partial charge is 0.332 e. The van der Waals surface area contributed by atoms with Crippen molar-refractivity contribution in [2.75, 3.05) is 25.0 Å². The van der Waals surface area contributed by atoms with Crippen LogP contribution >= 0.6 is 0 Å². The molecule has 0 bridgehead atoms. The van der Waals surface area contributed by atoms with Crippen molar-refractivity contribution >= 4 is 21.7 Å². The molecular weight excluding hydrogens is 369 g/mol. The first-order valence-corrected chi connectivity index (χ1v) is 9.40. The monoisotopic (exact) mass is 387 g/mol. The molecule has 1 unspecified atom stereocenters. The Morgan fingerprint density at radius 1 is 1.38 bits per heavy atom. The molecule has 26 heavy (non-hydrogen) atoms. The quantitative estimate of drug-likeness (QED) is 0.787. The summed E-state index contributed by atoms with van der Waals surface area (Å²) in [6.07, 6.45) is 1.34.